The largest absolute Gasteiger partial charge is 0.378 e. The average molecular weight is 427 g/mol. The van der Waals surface area contributed by atoms with Gasteiger partial charge in [0.05, 0.1) is 36.8 Å². The van der Waals surface area contributed by atoms with Crippen LogP contribution in [-0.2, 0) is 21.5 Å². The second-order valence-corrected chi connectivity index (χ2v) is 8.87. The number of hydrogen-bond acceptors (Lipinski definition) is 7. The molecule has 0 bridgehead atoms. The topological polar surface area (TPSA) is 85.2 Å². The van der Waals surface area contributed by atoms with Crippen molar-refractivity contribution in [2.75, 3.05) is 37.7 Å². The second kappa shape index (κ2) is 8.31. The number of hydrogen-bond donors (Lipinski definition) is 1. The maximum absolute atomic E-state index is 13.1. The summed E-state index contributed by atoms with van der Waals surface area (Å²) in [7, 11) is 0. The molecule has 0 atom stereocenters. The zero-order valence-corrected chi connectivity index (χ0v) is 17.7. The highest BCUT2D eigenvalue weighted by Gasteiger charge is 2.43. The van der Waals surface area contributed by atoms with Gasteiger partial charge in [-0.3, -0.25) is 4.79 Å². The van der Waals surface area contributed by atoms with Gasteiger partial charge in [-0.1, -0.05) is 18.9 Å². The molecule has 30 heavy (non-hydrogen) atoms. The molecule has 0 unspecified atom stereocenters. The predicted molar refractivity (Wildman–Crippen MR) is 116 cm³/mol. The average Bonchev–Trinajstić information content (AvgIpc) is 3.55. The zero-order valence-electron chi connectivity index (χ0n) is 16.9. The number of aromatic nitrogens is 4. The Morgan fingerprint density at radius 2 is 2.07 bits per heavy atom. The molecule has 9 heteroatoms. The van der Waals surface area contributed by atoms with E-state index in [9.17, 15) is 4.79 Å². The van der Waals surface area contributed by atoms with Crippen LogP contribution in [0.5, 0.6) is 0 Å². The van der Waals surface area contributed by atoms with Crippen molar-refractivity contribution < 1.29 is 9.53 Å². The standard InChI is InChI=1S/C21H26N6O2S/c28-20(21(5-1-2-6-21)17-4-3-13-30-17)22-7-8-27-19-16(14-25-27)18(23-15-24-19)26-9-11-29-12-10-26/h3-4,13-15H,1-2,5-12H2,(H,22,28). The summed E-state index contributed by atoms with van der Waals surface area (Å²) in [6.07, 6.45) is 7.49. The first kappa shape index (κ1) is 19.4. The highest BCUT2D eigenvalue weighted by atomic mass is 32.1. The van der Waals surface area contributed by atoms with Crippen molar-refractivity contribution in [1.29, 1.82) is 0 Å². The predicted octanol–water partition coefficient (Wildman–Crippen LogP) is 2.35. The number of ether oxygens (including phenoxy) is 1. The summed E-state index contributed by atoms with van der Waals surface area (Å²) in [5.74, 6) is 1.05. The third-order valence-corrected chi connectivity index (χ3v) is 7.29. The number of amides is 1. The van der Waals surface area contributed by atoms with Gasteiger partial charge in [-0.05, 0) is 24.3 Å². The molecule has 1 saturated heterocycles. The number of carbonyl (C=O) groups is 1. The van der Waals surface area contributed by atoms with Crippen LogP contribution in [0.25, 0.3) is 11.0 Å². The molecule has 1 saturated carbocycles. The van der Waals surface area contributed by atoms with Crippen LogP contribution in [-0.4, -0.2) is 58.5 Å². The van der Waals surface area contributed by atoms with Crippen molar-refractivity contribution >= 4 is 34.1 Å². The molecule has 1 aliphatic heterocycles. The summed E-state index contributed by atoms with van der Waals surface area (Å²) < 4.78 is 7.30. The van der Waals surface area contributed by atoms with Crippen molar-refractivity contribution in [2.24, 2.45) is 0 Å². The summed E-state index contributed by atoms with van der Waals surface area (Å²) in [6, 6.07) is 4.13. The van der Waals surface area contributed by atoms with Gasteiger partial charge in [-0.15, -0.1) is 11.3 Å². The van der Waals surface area contributed by atoms with Crippen molar-refractivity contribution in [2.45, 2.75) is 37.6 Å². The van der Waals surface area contributed by atoms with Crippen molar-refractivity contribution in [1.82, 2.24) is 25.1 Å². The van der Waals surface area contributed by atoms with Gasteiger partial charge in [0.1, 0.15) is 12.1 Å². The van der Waals surface area contributed by atoms with E-state index in [1.54, 1.807) is 17.7 Å². The summed E-state index contributed by atoms with van der Waals surface area (Å²) in [6.45, 7) is 4.15. The zero-order chi connectivity index (χ0) is 20.4. The fourth-order valence-corrected chi connectivity index (χ4v) is 5.61. The summed E-state index contributed by atoms with van der Waals surface area (Å²) in [4.78, 5) is 25.5. The smallest absolute Gasteiger partial charge is 0.231 e. The number of thiophene rings is 1. The Hall–Kier alpha value is -2.52. The van der Waals surface area contributed by atoms with Crippen molar-refractivity contribution in [3.63, 3.8) is 0 Å². The van der Waals surface area contributed by atoms with Crippen LogP contribution in [0.1, 0.15) is 30.6 Å². The summed E-state index contributed by atoms with van der Waals surface area (Å²) in [5.41, 5.74) is 0.445. The van der Waals surface area contributed by atoms with E-state index < -0.39 is 0 Å². The Morgan fingerprint density at radius 1 is 1.23 bits per heavy atom. The molecule has 1 aliphatic carbocycles. The molecular weight excluding hydrogens is 400 g/mol. The number of anilines is 1. The van der Waals surface area contributed by atoms with Gasteiger partial charge in [0.2, 0.25) is 5.91 Å². The first-order chi connectivity index (χ1) is 14.8. The second-order valence-electron chi connectivity index (χ2n) is 7.92. The molecule has 3 aromatic heterocycles. The molecule has 1 amide bonds. The molecule has 8 nitrogen and oxygen atoms in total. The molecule has 2 aliphatic rings. The molecule has 5 rings (SSSR count). The first-order valence-electron chi connectivity index (χ1n) is 10.6. The van der Waals surface area contributed by atoms with E-state index in [-0.39, 0.29) is 11.3 Å². The molecule has 3 aromatic rings. The molecule has 158 valence electrons. The third kappa shape index (κ3) is 3.45. The van der Waals surface area contributed by atoms with E-state index in [1.807, 2.05) is 16.9 Å². The molecule has 0 radical (unpaired) electrons. The van der Waals surface area contributed by atoms with Gasteiger partial charge in [0, 0.05) is 24.5 Å². The molecule has 0 spiro atoms. The van der Waals surface area contributed by atoms with E-state index in [2.05, 4.69) is 36.7 Å². The van der Waals surface area contributed by atoms with Crippen LogP contribution in [0.3, 0.4) is 0 Å². The van der Waals surface area contributed by atoms with Crippen molar-refractivity contribution in [3.8, 4) is 0 Å². The van der Waals surface area contributed by atoms with E-state index >= 15 is 0 Å². The van der Waals surface area contributed by atoms with Crippen LogP contribution in [0.4, 0.5) is 5.82 Å². The number of nitrogens with zero attached hydrogens (tertiary/aromatic N) is 5. The normalized spacial score (nSPS) is 18.7. The van der Waals surface area contributed by atoms with Gasteiger partial charge in [0.15, 0.2) is 5.65 Å². The lowest BCUT2D eigenvalue weighted by Gasteiger charge is -2.28. The Balaban J connectivity index is 1.28. The maximum atomic E-state index is 13.1. The molecule has 4 heterocycles. The fraction of sp³-hybridized carbons (Fsp3) is 0.524. The first-order valence-corrected chi connectivity index (χ1v) is 11.5. The van der Waals surface area contributed by atoms with Crippen LogP contribution < -0.4 is 10.2 Å². The maximum Gasteiger partial charge on any atom is 0.231 e. The fourth-order valence-electron chi connectivity index (χ4n) is 4.63. The number of carbonyl (C=O) groups excluding carboxylic acids is 1. The van der Waals surface area contributed by atoms with E-state index in [0.717, 1.165) is 55.6 Å². The highest BCUT2D eigenvalue weighted by molar-refractivity contribution is 7.10. The monoisotopic (exact) mass is 426 g/mol. The Kier molecular flexibility index (Phi) is 5.39. The van der Waals surface area contributed by atoms with Crippen LogP contribution in [0.2, 0.25) is 0 Å². The lowest BCUT2D eigenvalue weighted by atomic mass is 9.83. The van der Waals surface area contributed by atoms with Crippen LogP contribution in [0, 0.1) is 0 Å². The van der Waals surface area contributed by atoms with Crippen LogP contribution in [0.15, 0.2) is 30.0 Å². The van der Waals surface area contributed by atoms with E-state index in [0.29, 0.717) is 26.3 Å². The van der Waals surface area contributed by atoms with Gasteiger partial charge in [0.25, 0.3) is 0 Å². The minimum absolute atomic E-state index is 0.141. The minimum atomic E-state index is -0.355. The Bertz CT molecular complexity index is 1010. The number of nitrogens with one attached hydrogen (secondary N) is 1. The Labute approximate surface area is 179 Å². The molecule has 1 N–H and O–H groups in total. The number of morpholine rings is 1. The van der Waals surface area contributed by atoms with Gasteiger partial charge in [-0.2, -0.15) is 5.10 Å². The molecular formula is C21H26N6O2S. The van der Waals surface area contributed by atoms with Gasteiger partial charge >= 0.3 is 0 Å². The van der Waals surface area contributed by atoms with Gasteiger partial charge in [-0.25, -0.2) is 14.6 Å². The summed E-state index contributed by atoms with van der Waals surface area (Å²) in [5, 5.41) is 10.7. The van der Waals surface area contributed by atoms with Crippen LogP contribution >= 0.6 is 11.3 Å². The lowest BCUT2D eigenvalue weighted by Crippen LogP contribution is -2.43. The lowest BCUT2D eigenvalue weighted by molar-refractivity contribution is -0.126. The quantitative estimate of drug-likeness (QED) is 0.651. The van der Waals surface area contributed by atoms with Crippen molar-refractivity contribution in [3.05, 3.63) is 34.9 Å². The number of rotatable bonds is 6. The van der Waals surface area contributed by atoms with E-state index in [1.165, 1.54) is 4.88 Å². The Morgan fingerprint density at radius 3 is 2.83 bits per heavy atom. The SMILES string of the molecule is O=C(NCCn1ncc2c(N3CCOCC3)ncnc21)C1(c2cccs2)CCCC1. The minimum Gasteiger partial charge on any atom is -0.378 e. The van der Waals surface area contributed by atoms with E-state index in [4.69, 9.17) is 4.74 Å². The van der Waals surface area contributed by atoms with Gasteiger partial charge < -0.3 is 15.0 Å². The third-order valence-electron chi connectivity index (χ3n) is 6.22. The molecule has 0 aromatic carbocycles. The highest BCUT2D eigenvalue weighted by Crippen LogP contribution is 2.43. The number of fused-ring (bicyclic) bond motifs is 1. The molecule has 2 fully saturated rings. The summed E-state index contributed by atoms with van der Waals surface area (Å²) >= 11 is 1.69.